The zero-order valence-corrected chi connectivity index (χ0v) is 18.3. The van der Waals surface area contributed by atoms with Gasteiger partial charge in [-0.05, 0) is 59.3 Å². The summed E-state index contributed by atoms with van der Waals surface area (Å²) in [6, 6.07) is 10.8. The van der Waals surface area contributed by atoms with E-state index in [-0.39, 0.29) is 29.7 Å². The van der Waals surface area contributed by atoms with Crippen LogP contribution in [0.15, 0.2) is 53.4 Å². The minimum atomic E-state index is -0.445. The molecule has 0 saturated carbocycles. The third kappa shape index (κ3) is 5.76. The van der Waals surface area contributed by atoms with E-state index in [9.17, 15) is 18.8 Å². The van der Waals surface area contributed by atoms with Gasteiger partial charge in [-0.3, -0.25) is 19.3 Å². The van der Waals surface area contributed by atoms with Gasteiger partial charge in [-0.1, -0.05) is 18.2 Å². The molecule has 1 fully saturated rings. The smallest absolute Gasteiger partial charge is 0.293 e. The van der Waals surface area contributed by atoms with Gasteiger partial charge in [0, 0.05) is 19.2 Å². The van der Waals surface area contributed by atoms with Crippen LogP contribution in [0.2, 0.25) is 0 Å². The fourth-order valence-electron chi connectivity index (χ4n) is 2.88. The van der Waals surface area contributed by atoms with Gasteiger partial charge < -0.3 is 14.8 Å². The molecule has 1 N–H and O–H groups in total. The van der Waals surface area contributed by atoms with Gasteiger partial charge in [0.1, 0.15) is 5.82 Å². The molecule has 9 heteroatoms. The number of imide groups is 1. The number of nitrogens with zero attached hydrogens (tertiary/aromatic N) is 1. The molecule has 3 rings (SSSR count). The normalized spacial score (nSPS) is 15.0. The highest BCUT2D eigenvalue weighted by Gasteiger charge is 2.34. The highest BCUT2D eigenvalue weighted by molar-refractivity contribution is 8.18. The highest BCUT2D eigenvalue weighted by Crippen LogP contribution is 2.32. The van der Waals surface area contributed by atoms with Crippen LogP contribution in [0.4, 0.5) is 9.18 Å². The number of thioether (sulfide) groups is 1. The molecule has 1 saturated heterocycles. The number of ether oxygens (including phenoxy) is 2. The summed E-state index contributed by atoms with van der Waals surface area (Å²) in [6.45, 7) is 0.151. The summed E-state index contributed by atoms with van der Waals surface area (Å²) in [5, 5.41) is 2.23. The zero-order chi connectivity index (χ0) is 23.1. The van der Waals surface area contributed by atoms with Gasteiger partial charge in [-0.2, -0.15) is 0 Å². The van der Waals surface area contributed by atoms with Crippen LogP contribution in [-0.2, 0) is 9.59 Å². The third-order valence-corrected chi connectivity index (χ3v) is 5.42. The first kappa shape index (κ1) is 23.1. The molecule has 0 unspecified atom stereocenters. The molecule has 1 aliphatic rings. The number of nitrogens with one attached hydrogen (secondary N) is 1. The van der Waals surface area contributed by atoms with Crippen molar-refractivity contribution in [2.75, 3.05) is 27.3 Å². The molecule has 166 valence electrons. The first-order valence-corrected chi connectivity index (χ1v) is 10.4. The average Bonchev–Trinajstić information content (AvgIpc) is 3.06. The number of carbonyl (C=O) groups is 3. The topological polar surface area (TPSA) is 84.9 Å². The molecule has 3 amide bonds. The second-order valence-electron chi connectivity index (χ2n) is 6.62. The van der Waals surface area contributed by atoms with Gasteiger partial charge in [0.05, 0.1) is 19.1 Å². The second-order valence-corrected chi connectivity index (χ2v) is 7.62. The van der Waals surface area contributed by atoms with Crippen LogP contribution >= 0.6 is 11.8 Å². The lowest BCUT2D eigenvalue weighted by Crippen LogP contribution is -2.36. The van der Waals surface area contributed by atoms with Crippen LogP contribution in [0.1, 0.15) is 11.1 Å². The number of benzene rings is 2. The number of rotatable bonds is 8. The molecule has 7 nitrogen and oxygen atoms in total. The summed E-state index contributed by atoms with van der Waals surface area (Å²) < 4.78 is 23.4. The Hall–Kier alpha value is -3.59. The Bertz CT molecular complexity index is 1080. The summed E-state index contributed by atoms with van der Waals surface area (Å²) in [6.07, 6.45) is 4.50. The van der Waals surface area contributed by atoms with Gasteiger partial charge in [0.15, 0.2) is 11.5 Å². The Labute approximate surface area is 188 Å². The lowest BCUT2D eigenvalue weighted by Gasteiger charge is -2.12. The molecule has 0 aromatic heterocycles. The first-order valence-electron chi connectivity index (χ1n) is 9.60. The van der Waals surface area contributed by atoms with Crippen LogP contribution in [0.5, 0.6) is 11.5 Å². The van der Waals surface area contributed by atoms with Gasteiger partial charge in [0.25, 0.3) is 11.1 Å². The number of amides is 3. The lowest BCUT2D eigenvalue weighted by atomic mass is 10.2. The summed E-state index contributed by atoms with van der Waals surface area (Å²) in [5.41, 5.74) is 1.36. The minimum Gasteiger partial charge on any atom is -0.493 e. The van der Waals surface area contributed by atoms with Crippen molar-refractivity contribution in [3.05, 3.63) is 70.4 Å². The maximum Gasteiger partial charge on any atom is 0.293 e. The van der Waals surface area contributed by atoms with Crippen molar-refractivity contribution in [2.45, 2.75) is 0 Å². The van der Waals surface area contributed by atoms with E-state index in [1.807, 2.05) is 0 Å². The quantitative estimate of drug-likeness (QED) is 0.610. The Balaban J connectivity index is 1.53. The predicted octanol–water partition coefficient (Wildman–Crippen LogP) is 3.71. The van der Waals surface area contributed by atoms with E-state index < -0.39 is 11.1 Å². The molecule has 0 aliphatic carbocycles. The van der Waals surface area contributed by atoms with Crippen LogP contribution in [-0.4, -0.2) is 49.3 Å². The molecule has 0 atom stereocenters. The summed E-state index contributed by atoms with van der Waals surface area (Å²) in [7, 11) is 3.06. The average molecular weight is 456 g/mol. The number of hydrogen-bond acceptors (Lipinski definition) is 6. The maximum absolute atomic E-state index is 13.0. The molecule has 1 heterocycles. The minimum absolute atomic E-state index is 0.0430. The van der Waals surface area contributed by atoms with Gasteiger partial charge >= 0.3 is 0 Å². The van der Waals surface area contributed by atoms with Gasteiger partial charge in [0.2, 0.25) is 5.91 Å². The van der Waals surface area contributed by atoms with Gasteiger partial charge in [-0.15, -0.1) is 0 Å². The monoisotopic (exact) mass is 456 g/mol. The van der Waals surface area contributed by atoms with E-state index in [4.69, 9.17) is 9.47 Å². The summed E-state index contributed by atoms with van der Waals surface area (Å²) in [4.78, 5) is 38.0. The van der Waals surface area contributed by atoms with E-state index in [2.05, 4.69) is 5.32 Å². The van der Waals surface area contributed by atoms with Crippen molar-refractivity contribution in [1.82, 2.24) is 10.2 Å². The molecule has 2 aromatic carbocycles. The van der Waals surface area contributed by atoms with E-state index in [1.54, 1.807) is 24.3 Å². The lowest BCUT2D eigenvalue weighted by molar-refractivity contribution is -0.123. The third-order valence-electron chi connectivity index (χ3n) is 4.51. The van der Waals surface area contributed by atoms with Crippen molar-refractivity contribution < 1.29 is 28.2 Å². The molecule has 0 radical (unpaired) electrons. The SMILES string of the molecule is COc1ccc(/C=C/C(=O)NCCN2C(=O)S/C(=C/c3ccc(F)cc3)C2=O)cc1OC. The molecule has 0 spiro atoms. The summed E-state index contributed by atoms with van der Waals surface area (Å²) in [5.74, 6) is -0.0675. The molecular weight excluding hydrogens is 435 g/mol. The number of hydrogen-bond donors (Lipinski definition) is 1. The second kappa shape index (κ2) is 10.6. The van der Waals surface area contributed by atoms with Crippen molar-refractivity contribution >= 4 is 41.0 Å². The fourth-order valence-corrected chi connectivity index (χ4v) is 3.75. The first-order chi connectivity index (χ1) is 15.4. The number of methoxy groups -OCH3 is 2. The van der Waals surface area contributed by atoms with E-state index in [0.29, 0.717) is 17.1 Å². The molecule has 32 heavy (non-hydrogen) atoms. The molecular formula is C23H21FN2O5S. The zero-order valence-electron chi connectivity index (χ0n) is 17.5. The van der Waals surface area contributed by atoms with Crippen LogP contribution < -0.4 is 14.8 Å². The van der Waals surface area contributed by atoms with E-state index in [1.165, 1.54) is 50.6 Å². The number of carbonyl (C=O) groups excluding carboxylic acids is 3. The van der Waals surface area contributed by atoms with Crippen molar-refractivity contribution in [1.29, 1.82) is 0 Å². The van der Waals surface area contributed by atoms with Crippen LogP contribution in [0.3, 0.4) is 0 Å². The Morgan fingerprint density at radius 3 is 2.44 bits per heavy atom. The summed E-state index contributed by atoms with van der Waals surface area (Å²) >= 11 is 0.810. The largest absolute Gasteiger partial charge is 0.493 e. The molecule has 2 aromatic rings. The van der Waals surface area contributed by atoms with Crippen molar-refractivity contribution in [3.63, 3.8) is 0 Å². The molecule has 1 aliphatic heterocycles. The Morgan fingerprint density at radius 2 is 1.75 bits per heavy atom. The van der Waals surface area contributed by atoms with Crippen molar-refractivity contribution in [3.8, 4) is 11.5 Å². The standard InChI is InChI=1S/C23H21FN2O5S/c1-30-18-9-5-15(13-19(18)31-2)6-10-21(27)25-11-12-26-22(28)20(32-23(26)29)14-16-3-7-17(24)8-4-16/h3-10,13-14H,11-12H2,1-2H3,(H,25,27)/b10-6+,20-14+. The van der Waals surface area contributed by atoms with E-state index >= 15 is 0 Å². The maximum atomic E-state index is 13.0. The Morgan fingerprint density at radius 1 is 1.06 bits per heavy atom. The Kier molecular flexibility index (Phi) is 7.67. The predicted molar refractivity (Wildman–Crippen MR) is 121 cm³/mol. The number of halogens is 1. The van der Waals surface area contributed by atoms with E-state index in [0.717, 1.165) is 22.2 Å². The molecule has 0 bridgehead atoms. The van der Waals surface area contributed by atoms with Crippen LogP contribution in [0, 0.1) is 5.82 Å². The van der Waals surface area contributed by atoms with Crippen LogP contribution in [0.25, 0.3) is 12.2 Å². The fraction of sp³-hybridized carbons (Fsp3) is 0.174. The van der Waals surface area contributed by atoms with Gasteiger partial charge in [-0.25, -0.2) is 4.39 Å². The van der Waals surface area contributed by atoms with Crippen molar-refractivity contribution in [2.24, 2.45) is 0 Å². The highest BCUT2D eigenvalue weighted by atomic mass is 32.2.